The number of hydrogen-bond acceptors (Lipinski definition) is 8. The molecule has 1 aromatic rings. The van der Waals surface area contributed by atoms with Gasteiger partial charge in [0.1, 0.15) is 5.82 Å². The van der Waals surface area contributed by atoms with Crippen LogP contribution in [-0.2, 0) is 9.59 Å². The van der Waals surface area contributed by atoms with E-state index in [4.69, 9.17) is 0 Å². The van der Waals surface area contributed by atoms with Crippen LogP contribution in [0, 0.1) is 24.6 Å². The molecular formula is C22H36FN7O3. The summed E-state index contributed by atoms with van der Waals surface area (Å²) in [4.78, 5) is 36.4. The van der Waals surface area contributed by atoms with Crippen LogP contribution in [0.25, 0.3) is 0 Å². The van der Waals surface area contributed by atoms with E-state index in [-0.39, 0.29) is 36.7 Å². The second-order valence-electron chi connectivity index (χ2n) is 9.34. The number of likely N-dealkylation sites (N-methyl/N-ethyl adjacent to an activating group) is 1. The van der Waals surface area contributed by atoms with Crippen molar-refractivity contribution in [1.82, 2.24) is 25.4 Å². The van der Waals surface area contributed by atoms with E-state index >= 15 is 4.39 Å². The van der Waals surface area contributed by atoms with E-state index in [1.54, 1.807) is 6.92 Å². The highest BCUT2D eigenvalue weighted by molar-refractivity contribution is 5.80. The number of nitrogens with zero attached hydrogens (tertiary/aromatic N) is 5. The van der Waals surface area contributed by atoms with Crippen molar-refractivity contribution in [2.45, 2.75) is 65.0 Å². The summed E-state index contributed by atoms with van der Waals surface area (Å²) in [7, 11) is 2.04. The van der Waals surface area contributed by atoms with E-state index in [0.717, 1.165) is 32.2 Å². The summed E-state index contributed by atoms with van der Waals surface area (Å²) in [6.45, 7) is 7.09. The predicted molar refractivity (Wildman–Crippen MR) is 122 cm³/mol. The molecule has 3 rings (SSSR count). The summed E-state index contributed by atoms with van der Waals surface area (Å²) in [5, 5.41) is 10.1. The molecular weight excluding hydrogens is 429 g/mol. The van der Waals surface area contributed by atoms with Gasteiger partial charge in [-0.3, -0.25) is 30.5 Å². The maximum Gasteiger partial charge on any atom is 0.243 e. The first-order chi connectivity index (χ1) is 15.7. The third-order valence-electron chi connectivity index (χ3n) is 7.09. The number of carbonyl (C=O) groups excluding carboxylic acids is 2. The minimum absolute atomic E-state index is 0.0460. The molecule has 1 saturated heterocycles. The van der Waals surface area contributed by atoms with Crippen LogP contribution >= 0.6 is 0 Å². The Morgan fingerprint density at radius 2 is 1.97 bits per heavy atom. The Morgan fingerprint density at radius 3 is 2.64 bits per heavy atom. The van der Waals surface area contributed by atoms with Crippen LogP contribution in [0.1, 0.15) is 51.8 Å². The van der Waals surface area contributed by atoms with E-state index in [9.17, 15) is 14.8 Å². The van der Waals surface area contributed by atoms with Crippen LogP contribution in [-0.4, -0.2) is 76.2 Å². The van der Waals surface area contributed by atoms with Crippen molar-refractivity contribution in [3.05, 3.63) is 11.6 Å². The third kappa shape index (κ3) is 6.08. The molecule has 0 aromatic carbocycles. The Labute approximate surface area is 194 Å². The van der Waals surface area contributed by atoms with Gasteiger partial charge < -0.3 is 4.90 Å². The highest BCUT2D eigenvalue weighted by Crippen LogP contribution is 2.31. The van der Waals surface area contributed by atoms with Crippen molar-refractivity contribution < 1.29 is 19.2 Å². The van der Waals surface area contributed by atoms with Gasteiger partial charge in [0.05, 0.1) is 12.5 Å². The highest BCUT2D eigenvalue weighted by atomic mass is 19.1. The van der Waals surface area contributed by atoms with Gasteiger partial charge in [-0.05, 0) is 40.2 Å². The fourth-order valence-electron chi connectivity index (χ4n) is 4.82. The standard InChI is InChI=1S/C22H36FN7O3/c1-14-15(2)30(10-9-28(14)4)21-19(23)20(24-16(3)25-21)26-27-22(32)18(12-29(33)13-31)11-17-7-5-6-8-17/h13-15,17-18,33H,5-12H2,1-4H3,(H,27,32)(H,24,25,26). The first kappa shape index (κ1) is 25.1. The first-order valence-electron chi connectivity index (χ1n) is 11.7. The average molecular weight is 466 g/mol. The number of piperazine rings is 1. The number of rotatable bonds is 9. The molecule has 0 bridgehead atoms. The van der Waals surface area contributed by atoms with Crippen LogP contribution < -0.4 is 15.8 Å². The molecule has 11 heteroatoms. The summed E-state index contributed by atoms with van der Waals surface area (Å²) in [6, 6.07) is 0.268. The maximum atomic E-state index is 15.4. The SMILES string of the molecule is Cc1nc(NNC(=O)C(CC2CCCC2)CN(O)C=O)c(F)c(N2CCN(C)C(C)C2C)n1. The molecule has 3 N–H and O–H groups in total. The van der Waals surface area contributed by atoms with Gasteiger partial charge in [0.2, 0.25) is 18.1 Å². The van der Waals surface area contributed by atoms with Crippen LogP contribution in [0.3, 0.4) is 0 Å². The van der Waals surface area contributed by atoms with Crippen molar-refractivity contribution in [3.63, 3.8) is 0 Å². The van der Waals surface area contributed by atoms with E-state index in [0.29, 0.717) is 29.8 Å². The molecule has 3 atom stereocenters. The van der Waals surface area contributed by atoms with Crippen LogP contribution in [0.4, 0.5) is 16.0 Å². The third-order valence-corrected chi connectivity index (χ3v) is 7.09. The number of carbonyl (C=O) groups is 2. The Hall–Kier alpha value is -2.53. The molecule has 0 radical (unpaired) electrons. The van der Waals surface area contributed by atoms with Gasteiger partial charge in [0.15, 0.2) is 11.6 Å². The monoisotopic (exact) mass is 465 g/mol. The highest BCUT2D eigenvalue weighted by Gasteiger charge is 2.32. The quantitative estimate of drug-likeness (QED) is 0.288. The first-order valence-corrected chi connectivity index (χ1v) is 11.7. The number of aryl methyl sites for hydroxylation is 1. The predicted octanol–water partition coefficient (Wildman–Crippen LogP) is 1.94. The number of halogens is 1. The average Bonchev–Trinajstić information content (AvgIpc) is 3.30. The molecule has 33 heavy (non-hydrogen) atoms. The molecule has 2 fully saturated rings. The summed E-state index contributed by atoms with van der Waals surface area (Å²) in [6.07, 6.45) is 5.10. The Balaban J connectivity index is 1.72. The molecule has 2 heterocycles. The molecule has 1 aliphatic carbocycles. The minimum atomic E-state index is -0.631. The van der Waals surface area contributed by atoms with Crippen LogP contribution in [0.15, 0.2) is 0 Å². The van der Waals surface area contributed by atoms with Gasteiger partial charge in [-0.25, -0.2) is 15.0 Å². The van der Waals surface area contributed by atoms with Gasteiger partial charge in [-0.1, -0.05) is 25.7 Å². The number of aromatic nitrogens is 2. The van der Waals surface area contributed by atoms with E-state index in [1.807, 2.05) is 18.9 Å². The number of nitrogens with one attached hydrogen (secondary N) is 2. The van der Waals surface area contributed by atoms with E-state index in [1.165, 1.54) is 0 Å². The van der Waals surface area contributed by atoms with Crippen LogP contribution in [0.2, 0.25) is 0 Å². The number of hydrazine groups is 1. The number of anilines is 2. The zero-order valence-electron chi connectivity index (χ0n) is 19.9. The topological polar surface area (TPSA) is 114 Å². The molecule has 3 unspecified atom stereocenters. The normalized spacial score (nSPS) is 22.8. The van der Waals surface area contributed by atoms with Gasteiger partial charge in [0, 0.05) is 25.2 Å². The molecule has 1 saturated carbocycles. The molecule has 1 aromatic heterocycles. The Morgan fingerprint density at radius 1 is 1.27 bits per heavy atom. The van der Waals surface area contributed by atoms with E-state index < -0.39 is 17.6 Å². The van der Waals surface area contributed by atoms with Gasteiger partial charge in [0.25, 0.3) is 0 Å². The lowest BCUT2D eigenvalue weighted by molar-refractivity contribution is -0.154. The Bertz CT molecular complexity index is 836. The molecule has 2 amide bonds. The van der Waals surface area contributed by atoms with Gasteiger partial charge in [-0.2, -0.15) is 4.39 Å². The fraction of sp³-hybridized carbons (Fsp3) is 0.727. The zero-order chi connectivity index (χ0) is 24.1. The van der Waals surface area contributed by atoms with Gasteiger partial charge >= 0.3 is 0 Å². The van der Waals surface area contributed by atoms with E-state index in [2.05, 4.69) is 32.6 Å². The zero-order valence-corrected chi connectivity index (χ0v) is 19.9. The maximum absolute atomic E-state index is 15.4. The van der Waals surface area contributed by atoms with Crippen LogP contribution in [0.5, 0.6) is 0 Å². The molecule has 10 nitrogen and oxygen atoms in total. The van der Waals surface area contributed by atoms with Crippen molar-refractivity contribution in [1.29, 1.82) is 0 Å². The number of amides is 2. The second-order valence-corrected chi connectivity index (χ2v) is 9.34. The second kappa shape index (κ2) is 11.1. The summed E-state index contributed by atoms with van der Waals surface area (Å²) < 4.78 is 15.4. The lowest BCUT2D eigenvalue weighted by atomic mass is 9.92. The molecule has 0 spiro atoms. The Kier molecular flexibility index (Phi) is 8.41. The number of hydroxylamine groups is 2. The van der Waals surface area contributed by atoms with Crippen molar-refractivity contribution in [2.75, 3.05) is 37.0 Å². The lowest BCUT2D eigenvalue weighted by Gasteiger charge is -2.44. The van der Waals surface area contributed by atoms with Crippen molar-refractivity contribution in [2.24, 2.45) is 11.8 Å². The molecule has 2 aliphatic rings. The van der Waals surface area contributed by atoms with Gasteiger partial charge in [-0.15, -0.1) is 0 Å². The largest absolute Gasteiger partial charge is 0.348 e. The minimum Gasteiger partial charge on any atom is -0.348 e. The summed E-state index contributed by atoms with van der Waals surface area (Å²) in [5.74, 6) is -0.842. The molecule has 184 valence electrons. The lowest BCUT2D eigenvalue weighted by Crippen LogP contribution is -2.56. The van der Waals surface area contributed by atoms with Crippen molar-refractivity contribution in [3.8, 4) is 0 Å². The number of hydrogen-bond donors (Lipinski definition) is 3. The smallest absolute Gasteiger partial charge is 0.243 e. The summed E-state index contributed by atoms with van der Waals surface area (Å²) in [5.41, 5.74) is 5.14. The molecule has 1 aliphatic heterocycles. The summed E-state index contributed by atoms with van der Waals surface area (Å²) >= 11 is 0. The fourth-order valence-corrected chi connectivity index (χ4v) is 4.82. The van der Waals surface area contributed by atoms with Crippen molar-refractivity contribution >= 4 is 24.0 Å².